The molecular weight excluding hydrogens is 338 g/mol. The molecule has 2 rings (SSSR count). The zero-order valence-corrected chi connectivity index (χ0v) is 16.2. The molecule has 1 aliphatic rings. The second-order valence-electron chi connectivity index (χ2n) is 7.92. The molecule has 0 spiro atoms. The first-order valence-corrected chi connectivity index (χ1v) is 8.84. The fourth-order valence-electron chi connectivity index (χ4n) is 2.65. The Labute approximate surface area is 153 Å². The molecule has 0 atom stereocenters. The zero-order chi connectivity index (χ0) is 19.5. The van der Waals surface area contributed by atoms with Crippen LogP contribution in [0.4, 0.5) is 5.88 Å². The monoisotopic (exact) mass is 367 g/mol. The summed E-state index contributed by atoms with van der Waals surface area (Å²) in [5, 5.41) is 16.0. The van der Waals surface area contributed by atoms with Gasteiger partial charge in [-0.3, -0.25) is 14.9 Å². The molecule has 2 amide bonds. The fraction of sp³-hybridized carbons (Fsp3) is 0.722. The van der Waals surface area contributed by atoms with Gasteiger partial charge >= 0.3 is 0 Å². The lowest BCUT2D eigenvalue weighted by Crippen LogP contribution is -2.55. The summed E-state index contributed by atoms with van der Waals surface area (Å²) in [5.41, 5.74) is -1.09. The number of aliphatic hydroxyl groups is 1. The predicted molar refractivity (Wildman–Crippen MR) is 95.6 cm³/mol. The molecule has 8 nitrogen and oxygen atoms in total. The van der Waals surface area contributed by atoms with Crippen molar-refractivity contribution in [3.63, 3.8) is 0 Å². The smallest absolute Gasteiger partial charge is 0.252 e. The number of nitrogens with zero attached hydrogens (tertiary/aromatic N) is 2. The Morgan fingerprint density at radius 1 is 1.31 bits per heavy atom. The van der Waals surface area contributed by atoms with Crippen LogP contribution in [0, 0.1) is 5.92 Å². The Morgan fingerprint density at radius 3 is 2.50 bits per heavy atom. The third-order valence-corrected chi connectivity index (χ3v) is 5.13. The number of likely N-dealkylation sites (N-methyl/N-ethyl adjacent to an activating group) is 1. The van der Waals surface area contributed by atoms with Crippen LogP contribution in [0.1, 0.15) is 46.2 Å². The lowest BCUT2D eigenvalue weighted by molar-refractivity contribution is -0.147. The van der Waals surface area contributed by atoms with E-state index in [1.54, 1.807) is 27.0 Å². The summed E-state index contributed by atoms with van der Waals surface area (Å²) in [7, 11) is 1.64. The Hall–Kier alpha value is -1.93. The summed E-state index contributed by atoms with van der Waals surface area (Å²) in [5.74, 6) is -0.368. The molecule has 0 radical (unpaired) electrons. The average molecular weight is 367 g/mol. The van der Waals surface area contributed by atoms with Gasteiger partial charge in [0, 0.05) is 37.7 Å². The normalized spacial score (nSPS) is 16.4. The van der Waals surface area contributed by atoms with Gasteiger partial charge in [-0.15, -0.1) is 0 Å². The summed E-state index contributed by atoms with van der Waals surface area (Å²) in [6.07, 6.45) is 1.34. The summed E-state index contributed by atoms with van der Waals surface area (Å²) >= 11 is 0. The number of carbonyl (C=O) groups excluding carboxylic acids is 2. The molecule has 1 saturated heterocycles. The molecule has 2 heterocycles. The first kappa shape index (κ1) is 20.4. The van der Waals surface area contributed by atoms with Gasteiger partial charge in [-0.1, -0.05) is 19.0 Å². The van der Waals surface area contributed by atoms with Gasteiger partial charge in [0.25, 0.3) is 5.91 Å². The maximum Gasteiger partial charge on any atom is 0.252 e. The molecule has 0 bridgehead atoms. The van der Waals surface area contributed by atoms with E-state index in [0.29, 0.717) is 31.7 Å². The predicted octanol–water partition coefficient (Wildman–Crippen LogP) is 1.55. The molecule has 26 heavy (non-hydrogen) atoms. The zero-order valence-electron chi connectivity index (χ0n) is 16.2. The van der Waals surface area contributed by atoms with Crippen LogP contribution in [0.2, 0.25) is 0 Å². The molecule has 1 aliphatic heterocycles. The molecule has 0 aromatic carbocycles. The van der Waals surface area contributed by atoms with Crippen molar-refractivity contribution in [1.29, 1.82) is 0 Å². The minimum absolute atomic E-state index is 0.0619. The molecule has 0 unspecified atom stereocenters. The Bertz CT molecular complexity index is 647. The number of hydrogen-bond acceptors (Lipinski definition) is 6. The van der Waals surface area contributed by atoms with Gasteiger partial charge < -0.3 is 19.3 Å². The van der Waals surface area contributed by atoms with Crippen molar-refractivity contribution >= 4 is 17.7 Å². The Morgan fingerprint density at radius 2 is 1.92 bits per heavy atom. The molecule has 0 aliphatic carbocycles. The summed E-state index contributed by atoms with van der Waals surface area (Å²) < 4.78 is 10.5. The van der Waals surface area contributed by atoms with E-state index in [1.165, 1.54) is 4.90 Å². The van der Waals surface area contributed by atoms with Crippen molar-refractivity contribution in [3.05, 3.63) is 11.8 Å². The maximum atomic E-state index is 12.7. The van der Waals surface area contributed by atoms with Crippen LogP contribution in [0.25, 0.3) is 0 Å². The van der Waals surface area contributed by atoms with E-state index < -0.39 is 11.0 Å². The quantitative estimate of drug-likeness (QED) is 0.790. The molecule has 1 aromatic rings. The van der Waals surface area contributed by atoms with Gasteiger partial charge in [0.2, 0.25) is 11.8 Å². The van der Waals surface area contributed by atoms with Crippen molar-refractivity contribution in [2.24, 2.45) is 5.92 Å². The molecular formula is C18H29N3O5. The van der Waals surface area contributed by atoms with E-state index in [0.717, 1.165) is 0 Å². The van der Waals surface area contributed by atoms with E-state index in [4.69, 9.17) is 9.26 Å². The first-order chi connectivity index (χ1) is 12.1. The number of anilines is 1. The molecule has 1 aromatic heterocycles. The number of aliphatic hydroxyl groups excluding tert-OH is 1. The second kappa shape index (κ2) is 7.75. The van der Waals surface area contributed by atoms with E-state index in [9.17, 15) is 14.7 Å². The maximum absolute atomic E-state index is 12.7. The highest BCUT2D eigenvalue weighted by Gasteiger charge is 2.39. The third-order valence-electron chi connectivity index (χ3n) is 5.13. The number of amides is 2. The highest BCUT2D eigenvalue weighted by atomic mass is 16.5. The number of rotatable bonds is 6. The standard InChI is InChI=1S/C18H29N3O5/c1-17(2,11-22)13-10-14(26-20-13)19-16(24)18(3,4)21(5)15(23)12-6-8-25-9-7-12/h10,12,22H,6-9,11H2,1-5H3,(H,19,24). The molecule has 2 N–H and O–H groups in total. The number of ether oxygens (including phenoxy) is 1. The fourth-order valence-corrected chi connectivity index (χ4v) is 2.65. The lowest BCUT2D eigenvalue weighted by atomic mass is 9.91. The highest BCUT2D eigenvalue weighted by Crippen LogP contribution is 2.26. The van der Waals surface area contributed by atoms with E-state index in [2.05, 4.69) is 10.5 Å². The molecule has 8 heteroatoms. The van der Waals surface area contributed by atoms with Crippen LogP contribution in [0.15, 0.2) is 10.6 Å². The SMILES string of the molecule is CN(C(=O)C1CCOCC1)C(C)(C)C(=O)Nc1cc(C(C)(C)CO)no1. The van der Waals surface area contributed by atoms with Crippen LogP contribution >= 0.6 is 0 Å². The van der Waals surface area contributed by atoms with E-state index in [-0.39, 0.29) is 30.2 Å². The number of nitrogens with one attached hydrogen (secondary N) is 1. The minimum atomic E-state index is -1.06. The molecule has 146 valence electrons. The van der Waals surface area contributed by atoms with Crippen LogP contribution in [-0.4, -0.2) is 59.4 Å². The third kappa shape index (κ3) is 4.24. The van der Waals surface area contributed by atoms with Crippen LogP contribution < -0.4 is 5.32 Å². The van der Waals surface area contributed by atoms with Crippen molar-refractivity contribution in [2.75, 3.05) is 32.2 Å². The van der Waals surface area contributed by atoms with Crippen LogP contribution in [0.5, 0.6) is 0 Å². The first-order valence-electron chi connectivity index (χ1n) is 8.84. The van der Waals surface area contributed by atoms with Crippen molar-refractivity contribution in [1.82, 2.24) is 10.1 Å². The van der Waals surface area contributed by atoms with Crippen LogP contribution in [0.3, 0.4) is 0 Å². The van der Waals surface area contributed by atoms with Crippen LogP contribution in [-0.2, 0) is 19.7 Å². The number of carbonyl (C=O) groups is 2. The largest absolute Gasteiger partial charge is 0.395 e. The van der Waals surface area contributed by atoms with Gasteiger partial charge in [-0.2, -0.15) is 0 Å². The average Bonchev–Trinajstić information content (AvgIpc) is 3.10. The highest BCUT2D eigenvalue weighted by molar-refractivity contribution is 5.99. The minimum Gasteiger partial charge on any atom is -0.395 e. The summed E-state index contributed by atoms with van der Waals surface area (Å²) in [6, 6.07) is 1.59. The van der Waals surface area contributed by atoms with E-state index in [1.807, 2.05) is 13.8 Å². The van der Waals surface area contributed by atoms with Gasteiger partial charge in [-0.25, -0.2) is 0 Å². The van der Waals surface area contributed by atoms with Crippen molar-refractivity contribution in [3.8, 4) is 0 Å². The van der Waals surface area contributed by atoms with E-state index >= 15 is 0 Å². The summed E-state index contributed by atoms with van der Waals surface area (Å²) in [6.45, 7) is 8.06. The molecule has 0 saturated carbocycles. The number of hydrogen-bond donors (Lipinski definition) is 2. The van der Waals surface area contributed by atoms with Gasteiger partial charge in [0.05, 0.1) is 12.3 Å². The van der Waals surface area contributed by atoms with Gasteiger partial charge in [-0.05, 0) is 26.7 Å². The molecule has 1 fully saturated rings. The topological polar surface area (TPSA) is 105 Å². The van der Waals surface area contributed by atoms with Crippen molar-refractivity contribution in [2.45, 2.75) is 51.5 Å². The number of aromatic nitrogens is 1. The lowest BCUT2D eigenvalue weighted by Gasteiger charge is -2.37. The van der Waals surface area contributed by atoms with Crippen molar-refractivity contribution < 1.29 is 24.0 Å². The summed E-state index contributed by atoms with van der Waals surface area (Å²) in [4.78, 5) is 26.9. The second-order valence-corrected chi connectivity index (χ2v) is 7.92. The van der Waals surface area contributed by atoms with Gasteiger partial charge in [0.1, 0.15) is 5.54 Å². The Kier molecular flexibility index (Phi) is 6.08. The van der Waals surface area contributed by atoms with Gasteiger partial charge in [0.15, 0.2) is 0 Å². The Balaban J connectivity index is 2.06.